The third-order valence-electron chi connectivity index (χ3n) is 4.43. The standard InChI is InChI=1S/C17H18N2O3S/c1-9(2)17(3)16(21)18-14(19-17)11-6-5-10-7-8-23-13(10)12(11)15(20)22-4/h5-9H,1-4H3,(H,18,19,21). The molecular weight excluding hydrogens is 312 g/mol. The van der Waals surface area contributed by atoms with Crippen molar-refractivity contribution in [1.82, 2.24) is 5.32 Å². The molecule has 1 aromatic carbocycles. The molecule has 0 radical (unpaired) electrons. The molecule has 2 heterocycles. The van der Waals surface area contributed by atoms with Crippen LogP contribution in [0.2, 0.25) is 0 Å². The predicted molar refractivity (Wildman–Crippen MR) is 91.1 cm³/mol. The summed E-state index contributed by atoms with van der Waals surface area (Å²) >= 11 is 1.47. The average molecular weight is 330 g/mol. The molecule has 0 aliphatic carbocycles. The highest BCUT2D eigenvalue weighted by Gasteiger charge is 2.42. The number of hydrogen-bond donors (Lipinski definition) is 1. The van der Waals surface area contributed by atoms with Crippen LogP contribution in [-0.4, -0.2) is 30.4 Å². The average Bonchev–Trinajstić information content (AvgIpc) is 3.11. The van der Waals surface area contributed by atoms with Crippen molar-refractivity contribution in [3.05, 3.63) is 34.7 Å². The van der Waals surface area contributed by atoms with Gasteiger partial charge in [-0.2, -0.15) is 0 Å². The van der Waals surface area contributed by atoms with Crippen molar-refractivity contribution in [3.63, 3.8) is 0 Å². The fourth-order valence-electron chi connectivity index (χ4n) is 2.60. The number of ether oxygens (including phenoxy) is 1. The van der Waals surface area contributed by atoms with Crippen molar-refractivity contribution in [2.24, 2.45) is 10.9 Å². The number of carbonyl (C=O) groups is 2. The topological polar surface area (TPSA) is 67.8 Å². The van der Waals surface area contributed by atoms with Crippen LogP contribution < -0.4 is 5.32 Å². The van der Waals surface area contributed by atoms with Gasteiger partial charge in [0.15, 0.2) is 0 Å². The Bertz CT molecular complexity index is 837. The van der Waals surface area contributed by atoms with Crippen LogP contribution in [0.1, 0.15) is 36.7 Å². The van der Waals surface area contributed by atoms with E-state index in [2.05, 4.69) is 10.3 Å². The van der Waals surface area contributed by atoms with Crippen molar-refractivity contribution in [1.29, 1.82) is 0 Å². The second-order valence-electron chi connectivity index (χ2n) is 6.04. The van der Waals surface area contributed by atoms with Gasteiger partial charge in [0.25, 0.3) is 5.91 Å². The van der Waals surface area contributed by atoms with E-state index >= 15 is 0 Å². The predicted octanol–water partition coefficient (Wildman–Crippen LogP) is 2.98. The summed E-state index contributed by atoms with van der Waals surface area (Å²) in [5.74, 6) is -0.0957. The van der Waals surface area contributed by atoms with Crippen molar-refractivity contribution >= 4 is 39.1 Å². The van der Waals surface area contributed by atoms with Gasteiger partial charge in [-0.3, -0.25) is 9.79 Å². The molecule has 6 heteroatoms. The van der Waals surface area contributed by atoms with E-state index in [-0.39, 0.29) is 11.8 Å². The first-order chi connectivity index (χ1) is 10.9. The Morgan fingerprint density at radius 3 is 2.70 bits per heavy atom. The van der Waals surface area contributed by atoms with E-state index in [9.17, 15) is 9.59 Å². The van der Waals surface area contributed by atoms with Crippen LogP contribution in [0.15, 0.2) is 28.6 Å². The molecule has 0 fully saturated rings. The fourth-order valence-corrected chi connectivity index (χ4v) is 3.53. The third kappa shape index (κ3) is 2.34. The molecule has 1 N–H and O–H groups in total. The number of hydrogen-bond acceptors (Lipinski definition) is 5. The van der Waals surface area contributed by atoms with Gasteiger partial charge in [0.1, 0.15) is 11.4 Å². The second kappa shape index (κ2) is 5.45. The lowest BCUT2D eigenvalue weighted by Crippen LogP contribution is -2.41. The van der Waals surface area contributed by atoms with Gasteiger partial charge in [0.05, 0.1) is 12.7 Å². The molecule has 1 aromatic heterocycles. The van der Waals surface area contributed by atoms with E-state index in [0.29, 0.717) is 17.0 Å². The highest BCUT2D eigenvalue weighted by Crippen LogP contribution is 2.32. The summed E-state index contributed by atoms with van der Waals surface area (Å²) in [5.41, 5.74) is 0.226. The Morgan fingerprint density at radius 1 is 1.35 bits per heavy atom. The minimum absolute atomic E-state index is 0.0482. The zero-order chi connectivity index (χ0) is 16.8. The maximum Gasteiger partial charge on any atom is 0.340 e. The highest BCUT2D eigenvalue weighted by atomic mass is 32.1. The number of amidine groups is 1. The molecule has 5 nitrogen and oxygen atoms in total. The lowest BCUT2D eigenvalue weighted by atomic mass is 9.89. The minimum atomic E-state index is -0.826. The Morgan fingerprint density at radius 2 is 2.09 bits per heavy atom. The maximum absolute atomic E-state index is 12.3. The van der Waals surface area contributed by atoms with Crippen LogP contribution >= 0.6 is 11.3 Å². The molecule has 3 rings (SSSR count). The second-order valence-corrected chi connectivity index (χ2v) is 6.95. The van der Waals surface area contributed by atoms with Gasteiger partial charge in [-0.25, -0.2) is 4.79 Å². The summed E-state index contributed by atoms with van der Waals surface area (Å²) in [6, 6.07) is 5.68. The molecule has 1 unspecified atom stereocenters. The number of thiophene rings is 1. The number of nitrogens with one attached hydrogen (secondary N) is 1. The van der Waals surface area contributed by atoms with Crippen molar-refractivity contribution in [3.8, 4) is 0 Å². The molecule has 0 saturated heterocycles. The van der Waals surface area contributed by atoms with Gasteiger partial charge in [0.2, 0.25) is 0 Å². The lowest BCUT2D eigenvalue weighted by Gasteiger charge is -2.21. The van der Waals surface area contributed by atoms with Crippen LogP contribution in [0.25, 0.3) is 10.1 Å². The van der Waals surface area contributed by atoms with E-state index in [0.717, 1.165) is 10.1 Å². The Labute approximate surface area is 138 Å². The molecular formula is C17H18N2O3S. The molecule has 0 bridgehead atoms. The first kappa shape index (κ1) is 15.7. The quantitative estimate of drug-likeness (QED) is 0.880. The Kier molecular flexibility index (Phi) is 3.72. The lowest BCUT2D eigenvalue weighted by molar-refractivity contribution is -0.124. The van der Waals surface area contributed by atoms with Gasteiger partial charge < -0.3 is 10.1 Å². The van der Waals surface area contributed by atoms with Crippen LogP contribution in [0.3, 0.4) is 0 Å². The molecule has 120 valence electrons. The van der Waals surface area contributed by atoms with Gasteiger partial charge in [-0.05, 0) is 35.7 Å². The number of nitrogens with zero attached hydrogens (tertiary/aromatic N) is 1. The van der Waals surface area contributed by atoms with Gasteiger partial charge in [0, 0.05) is 10.3 Å². The molecule has 0 saturated carbocycles. The molecule has 0 spiro atoms. The first-order valence-corrected chi connectivity index (χ1v) is 8.26. The Hall–Kier alpha value is -2.21. The molecule has 1 aliphatic rings. The smallest absolute Gasteiger partial charge is 0.340 e. The van der Waals surface area contributed by atoms with E-state index in [1.54, 1.807) is 0 Å². The van der Waals surface area contributed by atoms with E-state index < -0.39 is 11.5 Å². The summed E-state index contributed by atoms with van der Waals surface area (Å²) in [5, 5.41) is 5.72. The van der Waals surface area contributed by atoms with Gasteiger partial charge in [-0.15, -0.1) is 11.3 Å². The first-order valence-electron chi connectivity index (χ1n) is 7.38. The minimum Gasteiger partial charge on any atom is -0.465 e. The Balaban J connectivity index is 2.21. The summed E-state index contributed by atoms with van der Waals surface area (Å²) in [6.45, 7) is 5.72. The number of aliphatic imine (C=N–C) groups is 1. The van der Waals surface area contributed by atoms with Crippen LogP contribution in [-0.2, 0) is 9.53 Å². The number of rotatable bonds is 3. The number of fused-ring (bicyclic) bond motifs is 1. The number of amides is 1. The number of esters is 1. The normalized spacial score (nSPS) is 20.7. The SMILES string of the molecule is COC(=O)c1c(C2=NC(C)(C(C)C)C(=O)N2)ccc2ccsc12. The zero-order valence-corrected chi connectivity index (χ0v) is 14.3. The summed E-state index contributed by atoms with van der Waals surface area (Å²) in [7, 11) is 1.35. The molecule has 1 amide bonds. The van der Waals surface area contributed by atoms with Gasteiger partial charge >= 0.3 is 5.97 Å². The zero-order valence-electron chi connectivity index (χ0n) is 13.5. The number of carbonyl (C=O) groups excluding carboxylic acids is 2. The fraction of sp³-hybridized carbons (Fsp3) is 0.353. The molecule has 1 aliphatic heterocycles. The van der Waals surface area contributed by atoms with Gasteiger partial charge in [-0.1, -0.05) is 19.9 Å². The monoisotopic (exact) mass is 330 g/mol. The van der Waals surface area contributed by atoms with Crippen molar-refractivity contribution < 1.29 is 14.3 Å². The summed E-state index contributed by atoms with van der Waals surface area (Å²) < 4.78 is 5.78. The summed E-state index contributed by atoms with van der Waals surface area (Å²) in [4.78, 5) is 29.2. The van der Waals surface area contributed by atoms with Crippen molar-refractivity contribution in [2.45, 2.75) is 26.3 Å². The number of methoxy groups -OCH3 is 1. The molecule has 23 heavy (non-hydrogen) atoms. The summed E-state index contributed by atoms with van der Waals surface area (Å²) in [6.07, 6.45) is 0. The van der Waals surface area contributed by atoms with Crippen LogP contribution in [0, 0.1) is 5.92 Å². The van der Waals surface area contributed by atoms with Crippen LogP contribution in [0.5, 0.6) is 0 Å². The van der Waals surface area contributed by atoms with Crippen LogP contribution in [0.4, 0.5) is 0 Å². The van der Waals surface area contributed by atoms with E-state index in [1.165, 1.54) is 18.4 Å². The number of benzene rings is 1. The third-order valence-corrected chi connectivity index (χ3v) is 5.37. The highest BCUT2D eigenvalue weighted by molar-refractivity contribution is 7.17. The maximum atomic E-state index is 12.3. The largest absolute Gasteiger partial charge is 0.465 e. The van der Waals surface area contributed by atoms with E-state index in [1.807, 2.05) is 44.4 Å². The molecule has 2 aromatic rings. The van der Waals surface area contributed by atoms with E-state index in [4.69, 9.17) is 4.74 Å². The molecule has 1 atom stereocenters. The van der Waals surface area contributed by atoms with Crippen molar-refractivity contribution in [2.75, 3.05) is 7.11 Å².